The molecule has 0 radical (unpaired) electrons. The molecule has 0 aliphatic heterocycles. The standard InChI is InChI=1S/C26H27N7O5S2/c1-15(2)24(25(34)28-12-20-16(3)38-31-23(20)17-7-5-4-6-8-17)33-13-18(30-32-33)14-37-19-9-10-21-22(11-19)39-26(29-21)40(27,35)36/h4-11,13,15,24H,12,14H2,1-3H3,(H,28,34)(H2,27,35,36)/t24-/m0/s1. The molecule has 0 bridgehead atoms. The number of sulfonamides is 1. The lowest BCUT2D eigenvalue weighted by atomic mass is 10.0. The van der Waals surface area contributed by atoms with Crippen LogP contribution < -0.4 is 15.2 Å². The van der Waals surface area contributed by atoms with E-state index in [1.165, 1.54) is 4.68 Å². The van der Waals surface area contributed by atoms with Gasteiger partial charge in [0.1, 0.15) is 35.5 Å². The van der Waals surface area contributed by atoms with E-state index in [0.717, 1.165) is 22.5 Å². The predicted octanol–water partition coefficient (Wildman–Crippen LogP) is 3.59. The van der Waals surface area contributed by atoms with Gasteiger partial charge in [-0.1, -0.05) is 54.5 Å². The molecule has 2 aromatic carbocycles. The predicted molar refractivity (Wildman–Crippen MR) is 148 cm³/mol. The Hall–Kier alpha value is -4.14. The minimum Gasteiger partial charge on any atom is -0.487 e. The van der Waals surface area contributed by atoms with Crippen molar-refractivity contribution in [3.8, 4) is 17.0 Å². The fourth-order valence-corrected chi connectivity index (χ4v) is 5.88. The highest BCUT2D eigenvalue weighted by Crippen LogP contribution is 2.29. The monoisotopic (exact) mass is 581 g/mol. The molecule has 0 aliphatic rings. The van der Waals surface area contributed by atoms with Crippen molar-refractivity contribution in [1.82, 2.24) is 30.5 Å². The van der Waals surface area contributed by atoms with Crippen LogP contribution in [-0.4, -0.2) is 39.5 Å². The molecule has 1 atom stereocenters. The van der Waals surface area contributed by atoms with Gasteiger partial charge in [-0.15, -0.1) is 16.4 Å². The number of nitrogens with two attached hydrogens (primary N) is 1. The van der Waals surface area contributed by atoms with Gasteiger partial charge in [-0.25, -0.2) is 23.2 Å². The van der Waals surface area contributed by atoms with E-state index < -0.39 is 16.1 Å². The van der Waals surface area contributed by atoms with Crippen molar-refractivity contribution in [3.05, 3.63) is 71.7 Å². The van der Waals surface area contributed by atoms with Crippen molar-refractivity contribution in [1.29, 1.82) is 0 Å². The lowest BCUT2D eigenvalue weighted by Gasteiger charge is -2.20. The number of carbonyl (C=O) groups is 1. The molecule has 3 N–H and O–H groups in total. The molecule has 12 nitrogen and oxygen atoms in total. The van der Waals surface area contributed by atoms with Crippen molar-refractivity contribution < 1.29 is 22.5 Å². The quantitative estimate of drug-likeness (QED) is 0.250. The van der Waals surface area contributed by atoms with E-state index in [0.29, 0.717) is 33.1 Å². The van der Waals surface area contributed by atoms with Crippen molar-refractivity contribution in [2.45, 2.75) is 44.3 Å². The third-order valence-corrected chi connectivity index (χ3v) is 8.52. The number of aromatic nitrogens is 5. The van der Waals surface area contributed by atoms with Crippen molar-refractivity contribution >= 4 is 37.5 Å². The minimum absolute atomic E-state index is 0.0746. The number of nitrogens with zero attached hydrogens (tertiary/aromatic N) is 5. The topological polar surface area (TPSA) is 168 Å². The number of rotatable bonds is 10. The normalized spacial score (nSPS) is 12.6. The van der Waals surface area contributed by atoms with Crippen LogP contribution in [0.3, 0.4) is 0 Å². The maximum atomic E-state index is 13.3. The number of amides is 1. The summed E-state index contributed by atoms with van der Waals surface area (Å²) in [7, 11) is -3.88. The molecule has 0 saturated carbocycles. The van der Waals surface area contributed by atoms with Crippen LogP contribution in [0, 0.1) is 12.8 Å². The smallest absolute Gasteiger partial charge is 0.265 e. The number of nitrogens with one attached hydrogen (secondary N) is 1. The number of primary sulfonamides is 1. The zero-order valence-electron chi connectivity index (χ0n) is 21.9. The molecule has 0 saturated heterocycles. The molecule has 1 amide bonds. The van der Waals surface area contributed by atoms with E-state index >= 15 is 0 Å². The van der Waals surface area contributed by atoms with Crippen LogP contribution in [0.15, 0.2) is 63.6 Å². The number of thiazole rings is 1. The number of hydrogen-bond donors (Lipinski definition) is 2. The van der Waals surface area contributed by atoms with Crippen molar-refractivity contribution in [2.24, 2.45) is 11.1 Å². The summed E-state index contributed by atoms with van der Waals surface area (Å²) in [6.07, 6.45) is 1.68. The van der Waals surface area contributed by atoms with Gasteiger partial charge in [0.05, 0.1) is 16.4 Å². The first-order valence-corrected chi connectivity index (χ1v) is 14.7. The Morgan fingerprint density at radius 2 is 1.98 bits per heavy atom. The van der Waals surface area contributed by atoms with Gasteiger partial charge >= 0.3 is 0 Å². The summed E-state index contributed by atoms with van der Waals surface area (Å²) < 4.78 is 36.4. The first kappa shape index (κ1) is 27.4. The average molecular weight is 582 g/mol. The summed E-state index contributed by atoms with van der Waals surface area (Å²) in [5.41, 5.74) is 3.44. The van der Waals surface area contributed by atoms with Gasteiger partial charge < -0.3 is 14.6 Å². The van der Waals surface area contributed by atoms with Crippen LogP contribution in [0.1, 0.15) is 36.9 Å². The lowest BCUT2D eigenvalue weighted by molar-refractivity contribution is -0.126. The summed E-state index contributed by atoms with van der Waals surface area (Å²) in [4.78, 5) is 17.3. The van der Waals surface area contributed by atoms with E-state index in [9.17, 15) is 13.2 Å². The van der Waals surface area contributed by atoms with E-state index in [-0.39, 0.29) is 29.3 Å². The zero-order valence-corrected chi connectivity index (χ0v) is 23.6. The Kier molecular flexibility index (Phi) is 7.65. The van der Waals surface area contributed by atoms with E-state index in [1.54, 1.807) is 24.4 Å². The molecular formula is C26H27N7O5S2. The van der Waals surface area contributed by atoms with Crippen LogP contribution in [-0.2, 0) is 28.0 Å². The Balaban J connectivity index is 1.25. The SMILES string of the molecule is Cc1onc(-c2ccccc2)c1CNC(=O)[C@H](C(C)C)n1cc(COc2ccc3nc(S(N)(=O)=O)sc3c2)nn1. The Morgan fingerprint density at radius 3 is 2.70 bits per heavy atom. The highest BCUT2D eigenvalue weighted by Gasteiger charge is 2.26. The lowest BCUT2D eigenvalue weighted by Crippen LogP contribution is -2.35. The Morgan fingerprint density at radius 1 is 1.20 bits per heavy atom. The number of hydrogen-bond acceptors (Lipinski definition) is 10. The molecule has 3 aromatic heterocycles. The molecule has 0 aliphatic carbocycles. The Labute approximate surface area is 234 Å². The third-order valence-electron chi connectivity index (χ3n) is 6.18. The first-order chi connectivity index (χ1) is 19.1. The van der Waals surface area contributed by atoms with Crippen molar-refractivity contribution in [2.75, 3.05) is 0 Å². The molecule has 5 rings (SSSR count). The highest BCUT2D eigenvalue weighted by atomic mass is 32.2. The van der Waals surface area contributed by atoms with Gasteiger partial charge in [0.2, 0.25) is 10.2 Å². The van der Waals surface area contributed by atoms with Gasteiger partial charge in [-0.05, 0) is 31.0 Å². The number of aryl methyl sites for hydroxylation is 1. The molecule has 0 fully saturated rings. The number of ether oxygens (including phenoxy) is 1. The largest absolute Gasteiger partial charge is 0.487 e. The number of carbonyl (C=O) groups excluding carboxylic acids is 1. The minimum atomic E-state index is -3.88. The Bertz CT molecular complexity index is 1760. The van der Waals surface area contributed by atoms with Crippen LogP contribution in [0.5, 0.6) is 5.75 Å². The van der Waals surface area contributed by atoms with Crippen LogP contribution in [0.4, 0.5) is 0 Å². The molecule has 40 heavy (non-hydrogen) atoms. The second-order valence-corrected chi connectivity index (χ2v) is 12.2. The van der Waals surface area contributed by atoms with Gasteiger partial charge in [0.25, 0.3) is 10.0 Å². The molecule has 5 aromatic rings. The van der Waals surface area contributed by atoms with Crippen LogP contribution in [0.25, 0.3) is 21.5 Å². The molecule has 208 valence electrons. The summed E-state index contributed by atoms with van der Waals surface area (Å²) in [5.74, 6) is 0.851. The van der Waals surface area contributed by atoms with Gasteiger partial charge in [0.15, 0.2) is 0 Å². The maximum Gasteiger partial charge on any atom is 0.265 e. The second kappa shape index (κ2) is 11.2. The van der Waals surface area contributed by atoms with Crippen LogP contribution >= 0.6 is 11.3 Å². The third kappa shape index (κ3) is 5.88. The maximum absolute atomic E-state index is 13.3. The molecule has 0 spiro atoms. The van der Waals surface area contributed by atoms with Crippen molar-refractivity contribution in [3.63, 3.8) is 0 Å². The summed E-state index contributed by atoms with van der Waals surface area (Å²) in [6, 6.07) is 14.1. The highest BCUT2D eigenvalue weighted by molar-refractivity contribution is 7.91. The van der Waals surface area contributed by atoms with Gasteiger partial charge in [0, 0.05) is 17.7 Å². The van der Waals surface area contributed by atoms with E-state index in [4.69, 9.17) is 14.4 Å². The fraction of sp³-hybridized carbons (Fsp3) is 0.269. The van der Waals surface area contributed by atoms with Gasteiger partial charge in [-0.3, -0.25) is 4.79 Å². The first-order valence-electron chi connectivity index (χ1n) is 12.4. The van der Waals surface area contributed by atoms with E-state index in [1.807, 2.05) is 51.1 Å². The summed E-state index contributed by atoms with van der Waals surface area (Å²) >= 11 is 0.968. The molecule has 3 heterocycles. The molecule has 14 heteroatoms. The summed E-state index contributed by atoms with van der Waals surface area (Å²) in [5, 5.41) is 20.7. The average Bonchev–Trinajstić information content (AvgIpc) is 3.65. The van der Waals surface area contributed by atoms with Crippen LogP contribution in [0.2, 0.25) is 0 Å². The second-order valence-electron chi connectivity index (χ2n) is 9.47. The van der Waals surface area contributed by atoms with Gasteiger partial charge in [-0.2, -0.15) is 0 Å². The molecule has 0 unspecified atom stereocenters. The number of benzene rings is 2. The fourth-order valence-electron chi connectivity index (χ4n) is 4.20. The zero-order chi connectivity index (χ0) is 28.4. The summed E-state index contributed by atoms with van der Waals surface area (Å²) in [6.45, 7) is 6.03. The molecular weight excluding hydrogens is 554 g/mol. The van der Waals surface area contributed by atoms with E-state index in [2.05, 4.69) is 25.8 Å². The number of fused-ring (bicyclic) bond motifs is 1.